The highest BCUT2D eigenvalue weighted by atomic mass is 19.4. The molecule has 0 bridgehead atoms. The van der Waals surface area contributed by atoms with E-state index < -0.39 is 6.36 Å². The van der Waals surface area contributed by atoms with E-state index in [0.717, 1.165) is 0 Å². The van der Waals surface area contributed by atoms with Crippen LogP contribution < -0.4 is 10.5 Å². The minimum atomic E-state index is -4.71. The molecule has 0 aliphatic heterocycles. The number of nitrogens with zero attached hydrogens (tertiary/aromatic N) is 3. The molecule has 0 unspecified atom stereocenters. The molecule has 0 aliphatic carbocycles. The van der Waals surface area contributed by atoms with Crippen LogP contribution in [0.4, 0.5) is 19.1 Å². The van der Waals surface area contributed by atoms with Gasteiger partial charge in [-0.2, -0.15) is 0 Å². The van der Waals surface area contributed by atoms with Crippen LogP contribution in [0.15, 0.2) is 42.7 Å². The predicted molar refractivity (Wildman–Crippen MR) is 70.0 cm³/mol. The minimum absolute atomic E-state index is 0.225. The molecule has 3 rings (SSSR count). The smallest absolute Gasteiger partial charge is 0.406 e. The number of nitrogens with two attached hydrogens (primary N) is 1. The van der Waals surface area contributed by atoms with Gasteiger partial charge in [-0.15, -0.1) is 13.2 Å². The van der Waals surface area contributed by atoms with Crippen LogP contribution in [0.2, 0.25) is 0 Å². The molecule has 2 N–H and O–H groups in total. The number of benzene rings is 1. The second-order valence-electron chi connectivity index (χ2n) is 4.21. The van der Waals surface area contributed by atoms with Gasteiger partial charge < -0.3 is 10.5 Å². The number of pyridine rings is 1. The minimum Gasteiger partial charge on any atom is -0.406 e. The number of hydrogen-bond acceptors (Lipinski definition) is 4. The molecule has 5 nitrogen and oxygen atoms in total. The molecule has 21 heavy (non-hydrogen) atoms. The molecule has 0 aliphatic rings. The summed E-state index contributed by atoms with van der Waals surface area (Å²) in [5.41, 5.74) is 7.73. The van der Waals surface area contributed by atoms with Gasteiger partial charge in [0.05, 0.1) is 11.7 Å². The van der Waals surface area contributed by atoms with Crippen molar-refractivity contribution in [3.05, 3.63) is 42.7 Å². The number of anilines is 1. The van der Waals surface area contributed by atoms with Crippen molar-refractivity contribution in [2.24, 2.45) is 0 Å². The lowest BCUT2D eigenvalue weighted by atomic mass is 10.3. The first kappa shape index (κ1) is 13.2. The molecule has 3 aromatic rings. The summed E-state index contributed by atoms with van der Waals surface area (Å²) in [6.07, 6.45) is -1.57. The lowest BCUT2D eigenvalue weighted by Crippen LogP contribution is -2.17. The molecule has 0 saturated heterocycles. The van der Waals surface area contributed by atoms with Crippen molar-refractivity contribution in [1.29, 1.82) is 0 Å². The largest absolute Gasteiger partial charge is 0.573 e. The van der Waals surface area contributed by atoms with Gasteiger partial charge in [-0.1, -0.05) is 0 Å². The fourth-order valence-electron chi connectivity index (χ4n) is 2.02. The van der Waals surface area contributed by atoms with E-state index in [0.29, 0.717) is 16.7 Å². The zero-order chi connectivity index (χ0) is 15.0. The van der Waals surface area contributed by atoms with E-state index in [2.05, 4.69) is 14.7 Å². The number of rotatable bonds is 2. The number of nitrogen functional groups attached to an aromatic ring is 1. The number of imidazole rings is 1. The van der Waals surface area contributed by atoms with Gasteiger partial charge in [0.1, 0.15) is 11.3 Å². The van der Waals surface area contributed by atoms with Crippen molar-refractivity contribution in [3.8, 4) is 11.4 Å². The Kier molecular flexibility index (Phi) is 2.93. The van der Waals surface area contributed by atoms with Crippen LogP contribution in [-0.2, 0) is 0 Å². The average molecular weight is 294 g/mol. The number of ether oxygens (including phenoxy) is 1. The monoisotopic (exact) mass is 294 g/mol. The van der Waals surface area contributed by atoms with Gasteiger partial charge in [0.2, 0.25) is 5.95 Å². The van der Waals surface area contributed by atoms with Gasteiger partial charge in [0.25, 0.3) is 0 Å². The third kappa shape index (κ3) is 2.60. The van der Waals surface area contributed by atoms with E-state index in [1.54, 1.807) is 23.0 Å². The van der Waals surface area contributed by atoms with Crippen molar-refractivity contribution in [2.45, 2.75) is 6.36 Å². The molecular formula is C13H9F3N4O. The average Bonchev–Trinajstić information content (AvgIpc) is 2.74. The van der Waals surface area contributed by atoms with E-state index in [9.17, 15) is 13.2 Å². The molecule has 0 saturated carbocycles. The number of halogens is 3. The standard InChI is InChI=1S/C13H9F3N4O/c14-13(15,16)21-9-3-1-8(2-4-9)20-11-5-6-18-7-10(11)19-12(20)17/h1-7H,(H2,17,19). The Morgan fingerprint density at radius 2 is 1.81 bits per heavy atom. The fraction of sp³-hybridized carbons (Fsp3) is 0.0769. The highest BCUT2D eigenvalue weighted by Gasteiger charge is 2.31. The first-order valence-electron chi connectivity index (χ1n) is 5.88. The van der Waals surface area contributed by atoms with E-state index in [1.165, 1.54) is 24.3 Å². The van der Waals surface area contributed by atoms with Gasteiger partial charge in [-0.25, -0.2) is 4.98 Å². The van der Waals surface area contributed by atoms with Crippen LogP contribution in [0.5, 0.6) is 5.75 Å². The first-order chi connectivity index (χ1) is 9.94. The van der Waals surface area contributed by atoms with Crippen LogP contribution in [0, 0.1) is 0 Å². The third-order valence-electron chi connectivity index (χ3n) is 2.81. The summed E-state index contributed by atoms with van der Waals surface area (Å²) < 4.78 is 41.8. The Morgan fingerprint density at radius 3 is 2.48 bits per heavy atom. The van der Waals surface area contributed by atoms with Crippen molar-refractivity contribution in [3.63, 3.8) is 0 Å². The van der Waals surface area contributed by atoms with Crippen LogP contribution in [-0.4, -0.2) is 20.9 Å². The van der Waals surface area contributed by atoms with Gasteiger partial charge in [0.15, 0.2) is 0 Å². The Balaban J connectivity index is 2.01. The van der Waals surface area contributed by atoms with Gasteiger partial charge in [-0.3, -0.25) is 9.55 Å². The summed E-state index contributed by atoms with van der Waals surface area (Å²) in [5.74, 6) is -0.0709. The molecule has 0 spiro atoms. The van der Waals surface area contributed by atoms with Crippen molar-refractivity contribution < 1.29 is 17.9 Å². The molecule has 0 amide bonds. The number of alkyl halides is 3. The normalized spacial score (nSPS) is 11.8. The van der Waals surface area contributed by atoms with Gasteiger partial charge >= 0.3 is 6.36 Å². The second kappa shape index (κ2) is 4.65. The molecular weight excluding hydrogens is 285 g/mol. The van der Waals surface area contributed by atoms with E-state index in [4.69, 9.17) is 5.73 Å². The lowest BCUT2D eigenvalue weighted by Gasteiger charge is -2.10. The lowest BCUT2D eigenvalue weighted by molar-refractivity contribution is -0.274. The summed E-state index contributed by atoms with van der Waals surface area (Å²) in [4.78, 5) is 8.08. The van der Waals surface area contributed by atoms with Crippen molar-refractivity contribution in [1.82, 2.24) is 14.5 Å². The van der Waals surface area contributed by atoms with E-state index >= 15 is 0 Å². The number of hydrogen-bond donors (Lipinski definition) is 1. The summed E-state index contributed by atoms with van der Waals surface area (Å²) >= 11 is 0. The van der Waals surface area contributed by atoms with Crippen LogP contribution in [0.3, 0.4) is 0 Å². The third-order valence-corrected chi connectivity index (χ3v) is 2.81. The maximum Gasteiger partial charge on any atom is 0.573 e. The Hall–Kier alpha value is -2.77. The maximum absolute atomic E-state index is 12.1. The molecule has 2 heterocycles. The Labute approximate surface area is 116 Å². The summed E-state index contributed by atoms with van der Waals surface area (Å²) in [5, 5.41) is 0. The zero-order valence-corrected chi connectivity index (χ0v) is 10.5. The molecule has 1 aromatic carbocycles. The fourth-order valence-corrected chi connectivity index (χ4v) is 2.02. The SMILES string of the molecule is Nc1nc2cnccc2n1-c1ccc(OC(F)(F)F)cc1. The highest BCUT2D eigenvalue weighted by molar-refractivity contribution is 5.79. The Morgan fingerprint density at radius 1 is 1.10 bits per heavy atom. The molecule has 108 valence electrons. The Bertz CT molecular complexity index is 780. The highest BCUT2D eigenvalue weighted by Crippen LogP contribution is 2.26. The molecule has 0 radical (unpaired) electrons. The molecule has 0 fully saturated rings. The molecule has 8 heteroatoms. The van der Waals surface area contributed by atoms with Crippen molar-refractivity contribution >= 4 is 17.0 Å². The summed E-state index contributed by atoms with van der Waals surface area (Å²) in [6, 6.07) is 7.10. The van der Waals surface area contributed by atoms with Crippen LogP contribution in [0.1, 0.15) is 0 Å². The van der Waals surface area contributed by atoms with E-state index in [-0.39, 0.29) is 11.7 Å². The molecule has 0 atom stereocenters. The number of fused-ring (bicyclic) bond motifs is 1. The van der Waals surface area contributed by atoms with Gasteiger partial charge in [-0.05, 0) is 30.3 Å². The second-order valence-corrected chi connectivity index (χ2v) is 4.21. The van der Waals surface area contributed by atoms with E-state index in [1.807, 2.05) is 0 Å². The predicted octanol–water partition coefficient (Wildman–Crippen LogP) is 2.90. The zero-order valence-electron chi connectivity index (χ0n) is 10.5. The van der Waals surface area contributed by atoms with Crippen molar-refractivity contribution in [2.75, 3.05) is 5.73 Å². The van der Waals surface area contributed by atoms with Crippen LogP contribution in [0.25, 0.3) is 16.7 Å². The van der Waals surface area contributed by atoms with Gasteiger partial charge in [0, 0.05) is 11.9 Å². The topological polar surface area (TPSA) is 66.0 Å². The summed E-state index contributed by atoms with van der Waals surface area (Å²) in [7, 11) is 0. The quantitative estimate of drug-likeness (QED) is 0.789. The summed E-state index contributed by atoms with van der Waals surface area (Å²) in [6.45, 7) is 0. The number of aromatic nitrogens is 3. The maximum atomic E-state index is 12.1. The molecule has 2 aromatic heterocycles. The van der Waals surface area contributed by atoms with Crippen LogP contribution >= 0.6 is 0 Å². The first-order valence-corrected chi connectivity index (χ1v) is 5.88.